The van der Waals surface area contributed by atoms with Crippen molar-refractivity contribution in [1.82, 2.24) is 19.0 Å². The zero-order valence-corrected chi connectivity index (χ0v) is 12.0. The minimum Gasteiger partial charge on any atom is -0.345 e. The van der Waals surface area contributed by atoms with Gasteiger partial charge in [0, 0.05) is 29.4 Å². The molecule has 2 aromatic rings. The third-order valence-electron chi connectivity index (χ3n) is 3.21. The van der Waals surface area contributed by atoms with Crippen molar-refractivity contribution in [2.24, 2.45) is 0 Å². The Morgan fingerprint density at radius 1 is 1.53 bits per heavy atom. The quantitative estimate of drug-likeness (QED) is 0.878. The molecule has 0 radical (unpaired) electrons. The molecule has 8 heteroatoms. The van der Waals surface area contributed by atoms with E-state index in [1.54, 1.807) is 30.9 Å². The highest BCUT2D eigenvalue weighted by atomic mass is 32.2. The molecule has 1 fully saturated rings. The van der Waals surface area contributed by atoms with Crippen molar-refractivity contribution in [3.05, 3.63) is 28.8 Å². The van der Waals surface area contributed by atoms with E-state index in [-0.39, 0.29) is 6.04 Å². The molecule has 102 valence electrons. The van der Waals surface area contributed by atoms with Crippen molar-refractivity contribution < 1.29 is 8.42 Å². The number of thiophene rings is 1. The molecule has 0 bridgehead atoms. The molecule has 1 aliphatic rings. The topological polar surface area (TPSA) is 78.1 Å². The van der Waals surface area contributed by atoms with Gasteiger partial charge in [0.05, 0.1) is 24.3 Å². The largest absolute Gasteiger partial charge is 0.345 e. The molecule has 1 atom stereocenters. The number of nitrogens with zero attached hydrogens (tertiary/aromatic N) is 2. The lowest BCUT2D eigenvalue weighted by Crippen LogP contribution is -2.46. The van der Waals surface area contributed by atoms with E-state index in [9.17, 15) is 8.42 Å². The van der Waals surface area contributed by atoms with Crippen LogP contribution in [0, 0.1) is 0 Å². The van der Waals surface area contributed by atoms with Gasteiger partial charge in [0.2, 0.25) is 0 Å². The highest BCUT2D eigenvalue weighted by Gasteiger charge is 2.30. The second kappa shape index (κ2) is 4.71. The smallest absolute Gasteiger partial charge is 0.279 e. The zero-order chi connectivity index (χ0) is 13.5. The highest BCUT2D eigenvalue weighted by molar-refractivity contribution is 7.87. The Hall–Kier alpha value is -1.22. The standard InChI is InChI=1S/C11H14N4O2S2/c1-15-3-2-9(14-19(15,16)17)11-4-8(6-18-11)10-5-12-7-13-10/h4-7,9,14H,2-3H2,1H3,(H,12,13)/t9-/m0/s1. The molecule has 0 aliphatic carbocycles. The minimum absolute atomic E-state index is 0.136. The number of aromatic nitrogens is 2. The van der Waals surface area contributed by atoms with Crippen LogP contribution >= 0.6 is 11.3 Å². The summed E-state index contributed by atoms with van der Waals surface area (Å²) in [5.74, 6) is 0. The fourth-order valence-electron chi connectivity index (χ4n) is 2.05. The first kappa shape index (κ1) is 12.8. The van der Waals surface area contributed by atoms with Crippen LogP contribution in [0.25, 0.3) is 11.3 Å². The summed E-state index contributed by atoms with van der Waals surface area (Å²) in [6, 6.07) is 1.87. The van der Waals surface area contributed by atoms with E-state index in [0.29, 0.717) is 6.54 Å². The second-order valence-electron chi connectivity index (χ2n) is 4.49. The molecular weight excluding hydrogens is 284 g/mol. The molecule has 0 aromatic carbocycles. The van der Waals surface area contributed by atoms with Crippen molar-refractivity contribution in [3.63, 3.8) is 0 Å². The Bertz CT molecular complexity index is 663. The molecule has 2 N–H and O–H groups in total. The van der Waals surface area contributed by atoms with Crippen molar-refractivity contribution in [3.8, 4) is 11.3 Å². The molecule has 19 heavy (non-hydrogen) atoms. The van der Waals surface area contributed by atoms with Gasteiger partial charge in [-0.2, -0.15) is 17.4 Å². The summed E-state index contributed by atoms with van der Waals surface area (Å²) in [7, 11) is -1.75. The van der Waals surface area contributed by atoms with Crippen LogP contribution in [0.5, 0.6) is 0 Å². The van der Waals surface area contributed by atoms with Crippen LogP contribution in [-0.4, -0.2) is 36.3 Å². The molecule has 1 saturated heterocycles. The van der Waals surface area contributed by atoms with E-state index >= 15 is 0 Å². The first-order valence-electron chi connectivity index (χ1n) is 5.87. The molecule has 2 aromatic heterocycles. The summed E-state index contributed by atoms with van der Waals surface area (Å²) >= 11 is 1.56. The van der Waals surface area contributed by atoms with Gasteiger partial charge in [0.25, 0.3) is 10.2 Å². The van der Waals surface area contributed by atoms with Crippen molar-refractivity contribution in [2.75, 3.05) is 13.6 Å². The molecule has 0 amide bonds. The number of imidazole rings is 1. The maximum absolute atomic E-state index is 11.8. The van der Waals surface area contributed by atoms with Gasteiger partial charge in [-0.1, -0.05) is 0 Å². The maximum Gasteiger partial charge on any atom is 0.279 e. The summed E-state index contributed by atoms with van der Waals surface area (Å²) in [5.41, 5.74) is 1.98. The summed E-state index contributed by atoms with van der Waals surface area (Å²) < 4.78 is 27.6. The average molecular weight is 298 g/mol. The number of rotatable bonds is 2. The Labute approximate surface area is 115 Å². The van der Waals surface area contributed by atoms with Crippen molar-refractivity contribution >= 4 is 21.5 Å². The lowest BCUT2D eigenvalue weighted by molar-refractivity contribution is 0.384. The third-order valence-corrected chi connectivity index (χ3v) is 5.84. The molecule has 3 heterocycles. The van der Waals surface area contributed by atoms with Crippen LogP contribution in [0.15, 0.2) is 24.0 Å². The second-order valence-corrected chi connectivity index (χ2v) is 7.24. The average Bonchev–Trinajstić information content (AvgIpc) is 3.01. The first-order chi connectivity index (χ1) is 9.06. The Balaban J connectivity index is 1.84. The molecule has 0 saturated carbocycles. The van der Waals surface area contributed by atoms with Gasteiger partial charge in [-0.3, -0.25) is 0 Å². The normalized spacial score (nSPS) is 23.5. The van der Waals surface area contributed by atoms with Gasteiger partial charge in [-0.15, -0.1) is 11.3 Å². The van der Waals surface area contributed by atoms with Crippen molar-refractivity contribution in [2.45, 2.75) is 12.5 Å². The fourth-order valence-corrected chi connectivity index (χ4v) is 4.25. The van der Waals surface area contributed by atoms with Gasteiger partial charge in [0.15, 0.2) is 0 Å². The number of hydrogen-bond acceptors (Lipinski definition) is 4. The Kier molecular flexibility index (Phi) is 3.17. The van der Waals surface area contributed by atoms with E-state index in [0.717, 1.165) is 22.6 Å². The highest BCUT2D eigenvalue weighted by Crippen LogP contribution is 2.31. The molecule has 6 nitrogen and oxygen atoms in total. The van der Waals surface area contributed by atoms with Crippen LogP contribution in [0.4, 0.5) is 0 Å². The number of H-pyrrole nitrogens is 1. The van der Waals surface area contributed by atoms with Gasteiger partial charge >= 0.3 is 0 Å². The lowest BCUT2D eigenvalue weighted by Gasteiger charge is -2.29. The minimum atomic E-state index is -3.33. The third kappa shape index (κ3) is 2.44. The van der Waals surface area contributed by atoms with E-state index in [2.05, 4.69) is 14.7 Å². The predicted molar refractivity (Wildman–Crippen MR) is 73.9 cm³/mol. The van der Waals surface area contributed by atoms with E-state index in [1.165, 1.54) is 4.31 Å². The molecular formula is C11H14N4O2S2. The van der Waals surface area contributed by atoms with Crippen LogP contribution < -0.4 is 4.72 Å². The summed E-state index contributed by atoms with van der Waals surface area (Å²) in [4.78, 5) is 8.05. The summed E-state index contributed by atoms with van der Waals surface area (Å²) in [6.07, 6.45) is 4.16. The lowest BCUT2D eigenvalue weighted by atomic mass is 10.1. The maximum atomic E-state index is 11.8. The molecule has 3 rings (SSSR count). The van der Waals surface area contributed by atoms with Gasteiger partial charge in [0.1, 0.15) is 0 Å². The zero-order valence-electron chi connectivity index (χ0n) is 10.3. The van der Waals surface area contributed by atoms with Gasteiger partial charge < -0.3 is 4.98 Å². The number of nitrogens with one attached hydrogen (secondary N) is 2. The van der Waals surface area contributed by atoms with E-state index < -0.39 is 10.2 Å². The van der Waals surface area contributed by atoms with E-state index in [4.69, 9.17) is 0 Å². The first-order valence-corrected chi connectivity index (χ1v) is 8.19. The SMILES string of the molecule is CN1CC[C@@H](c2cc(-c3cnc[nH]3)cs2)NS1(=O)=O. The Morgan fingerprint density at radius 2 is 2.37 bits per heavy atom. The number of aromatic amines is 1. The van der Waals surface area contributed by atoms with Gasteiger partial charge in [-0.25, -0.2) is 4.98 Å². The summed E-state index contributed by atoms with van der Waals surface area (Å²) in [5, 5.41) is 2.01. The van der Waals surface area contributed by atoms with Crippen molar-refractivity contribution in [1.29, 1.82) is 0 Å². The molecule has 1 aliphatic heterocycles. The Morgan fingerprint density at radius 3 is 3.05 bits per heavy atom. The monoisotopic (exact) mass is 298 g/mol. The van der Waals surface area contributed by atoms with E-state index in [1.807, 2.05) is 11.4 Å². The van der Waals surface area contributed by atoms with Crippen LogP contribution in [0.3, 0.4) is 0 Å². The number of hydrogen-bond donors (Lipinski definition) is 2. The van der Waals surface area contributed by atoms with Crippen LogP contribution in [-0.2, 0) is 10.2 Å². The molecule has 0 spiro atoms. The van der Waals surface area contributed by atoms with Crippen LogP contribution in [0.1, 0.15) is 17.3 Å². The summed E-state index contributed by atoms with van der Waals surface area (Å²) in [6.45, 7) is 0.539. The predicted octanol–water partition coefficient (Wildman–Crippen LogP) is 1.35. The van der Waals surface area contributed by atoms with Crippen LogP contribution in [0.2, 0.25) is 0 Å². The fraction of sp³-hybridized carbons (Fsp3) is 0.364. The van der Waals surface area contributed by atoms with Gasteiger partial charge in [-0.05, 0) is 12.5 Å². The molecule has 0 unspecified atom stereocenters.